The van der Waals surface area contributed by atoms with Crippen molar-refractivity contribution in [2.45, 2.75) is 18.6 Å². The molecule has 17 heavy (non-hydrogen) atoms. The van der Waals surface area contributed by atoms with Crippen LogP contribution in [0.5, 0.6) is 0 Å². The molecule has 1 rings (SSSR count). The lowest BCUT2D eigenvalue weighted by atomic mass is 10.3. The number of thioether (sulfide) groups is 1. The average Bonchev–Trinajstić information content (AvgIpc) is 2.84. The number of nitriles is 1. The Hall–Kier alpha value is -1.41. The van der Waals surface area contributed by atoms with Gasteiger partial charge in [-0.3, -0.25) is 4.79 Å². The van der Waals surface area contributed by atoms with E-state index >= 15 is 0 Å². The van der Waals surface area contributed by atoms with Crippen molar-refractivity contribution >= 4 is 17.7 Å². The number of furan rings is 1. The molecule has 0 radical (unpaired) electrons. The van der Waals surface area contributed by atoms with E-state index in [2.05, 4.69) is 0 Å². The van der Waals surface area contributed by atoms with Crippen molar-refractivity contribution in [1.82, 2.24) is 4.90 Å². The molecule has 0 N–H and O–H groups in total. The summed E-state index contributed by atoms with van der Waals surface area (Å²) in [5.41, 5.74) is 0. The first-order valence-corrected chi connectivity index (χ1v) is 6.60. The van der Waals surface area contributed by atoms with E-state index < -0.39 is 0 Å². The van der Waals surface area contributed by atoms with Crippen molar-refractivity contribution in [1.29, 1.82) is 5.26 Å². The highest BCUT2D eigenvalue weighted by Crippen LogP contribution is 2.13. The van der Waals surface area contributed by atoms with Gasteiger partial charge in [-0.05, 0) is 12.1 Å². The van der Waals surface area contributed by atoms with Gasteiger partial charge in [0.15, 0.2) is 0 Å². The summed E-state index contributed by atoms with van der Waals surface area (Å²) in [4.78, 5) is 13.2. The Morgan fingerprint density at radius 1 is 1.65 bits per heavy atom. The first-order valence-electron chi connectivity index (χ1n) is 5.45. The predicted octanol–water partition coefficient (Wildman–Crippen LogP) is 2.27. The highest BCUT2D eigenvalue weighted by molar-refractivity contribution is 7.98. The average molecular weight is 252 g/mol. The van der Waals surface area contributed by atoms with Crippen LogP contribution in [0.3, 0.4) is 0 Å². The zero-order valence-corrected chi connectivity index (χ0v) is 10.7. The van der Waals surface area contributed by atoms with Crippen molar-refractivity contribution in [3.05, 3.63) is 24.2 Å². The molecule has 0 atom stereocenters. The zero-order chi connectivity index (χ0) is 12.5. The Balaban J connectivity index is 2.09. The molecule has 5 heteroatoms. The maximum atomic E-state index is 11.6. The Bertz CT molecular complexity index is 370. The predicted molar refractivity (Wildman–Crippen MR) is 67.4 cm³/mol. The summed E-state index contributed by atoms with van der Waals surface area (Å²) >= 11 is 1.67. The van der Waals surface area contributed by atoms with Crippen molar-refractivity contribution in [3.8, 4) is 6.07 Å². The van der Waals surface area contributed by atoms with Crippen molar-refractivity contribution in [3.63, 3.8) is 0 Å². The van der Waals surface area contributed by atoms with E-state index in [0.717, 1.165) is 17.3 Å². The van der Waals surface area contributed by atoms with E-state index in [1.54, 1.807) is 30.0 Å². The maximum absolute atomic E-state index is 11.6. The fraction of sp³-hybridized carbons (Fsp3) is 0.500. The molecular formula is C12H16N2O2S. The van der Waals surface area contributed by atoms with Gasteiger partial charge in [0.1, 0.15) is 5.76 Å². The molecular weight excluding hydrogens is 236 g/mol. The van der Waals surface area contributed by atoms with Crippen molar-refractivity contribution in [2.75, 3.05) is 19.3 Å². The van der Waals surface area contributed by atoms with Crippen LogP contribution in [0.25, 0.3) is 0 Å². The molecule has 0 saturated heterocycles. The molecule has 0 aliphatic carbocycles. The lowest BCUT2D eigenvalue weighted by Gasteiger charge is -2.14. The number of carbonyl (C=O) groups is 1. The summed E-state index contributed by atoms with van der Waals surface area (Å²) in [6.07, 6.45) is 2.55. The standard InChI is InChI=1S/C12H16N2O2S/c1-14(7-3-6-13)12(15)5-9-17-10-11-4-2-8-16-11/h2,4,8H,3,5,7,9-10H2,1H3. The van der Waals surface area contributed by atoms with Crippen LogP contribution in [-0.4, -0.2) is 30.2 Å². The molecule has 0 bridgehead atoms. The number of nitrogens with zero attached hydrogens (tertiary/aromatic N) is 2. The molecule has 4 nitrogen and oxygen atoms in total. The summed E-state index contributed by atoms with van der Waals surface area (Å²) in [5, 5.41) is 8.41. The molecule has 0 unspecified atom stereocenters. The largest absolute Gasteiger partial charge is 0.468 e. The zero-order valence-electron chi connectivity index (χ0n) is 9.89. The van der Waals surface area contributed by atoms with Gasteiger partial charge in [-0.25, -0.2) is 0 Å². The summed E-state index contributed by atoms with van der Waals surface area (Å²) in [6.45, 7) is 0.512. The molecule has 0 aliphatic heterocycles. The third-order valence-electron chi connectivity index (χ3n) is 2.27. The number of hydrogen-bond donors (Lipinski definition) is 0. The smallest absolute Gasteiger partial charge is 0.223 e. The highest BCUT2D eigenvalue weighted by Gasteiger charge is 2.07. The minimum Gasteiger partial charge on any atom is -0.468 e. The molecule has 92 valence electrons. The second kappa shape index (κ2) is 7.80. The fourth-order valence-corrected chi connectivity index (χ4v) is 2.09. The minimum atomic E-state index is 0.0900. The molecule has 0 aromatic carbocycles. The second-order valence-corrected chi connectivity index (χ2v) is 4.71. The van der Waals surface area contributed by atoms with Crippen LogP contribution in [0.1, 0.15) is 18.6 Å². The lowest BCUT2D eigenvalue weighted by Crippen LogP contribution is -2.27. The van der Waals surface area contributed by atoms with Crippen LogP contribution in [-0.2, 0) is 10.5 Å². The van der Waals surface area contributed by atoms with Crippen molar-refractivity contribution in [2.24, 2.45) is 0 Å². The first-order chi connectivity index (χ1) is 8.24. The van der Waals surface area contributed by atoms with Gasteiger partial charge in [-0.1, -0.05) is 0 Å². The Morgan fingerprint density at radius 2 is 2.47 bits per heavy atom. The minimum absolute atomic E-state index is 0.0900. The third kappa shape index (κ3) is 5.45. The Kier molecular flexibility index (Phi) is 6.26. The summed E-state index contributed by atoms with van der Waals surface area (Å²) < 4.78 is 5.19. The van der Waals surface area contributed by atoms with Gasteiger partial charge in [0.2, 0.25) is 5.91 Å². The van der Waals surface area contributed by atoms with E-state index in [1.165, 1.54) is 0 Å². The Labute approximate surface area is 106 Å². The SMILES string of the molecule is CN(CCC#N)C(=O)CCSCc1ccco1. The van der Waals surface area contributed by atoms with Gasteiger partial charge in [-0.2, -0.15) is 17.0 Å². The van der Waals surface area contributed by atoms with Crippen LogP contribution in [0.4, 0.5) is 0 Å². The maximum Gasteiger partial charge on any atom is 0.223 e. The van der Waals surface area contributed by atoms with Gasteiger partial charge < -0.3 is 9.32 Å². The van der Waals surface area contributed by atoms with E-state index in [1.807, 2.05) is 18.2 Å². The number of rotatable bonds is 7. The molecule has 0 spiro atoms. The molecule has 1 amide bonds. The van der Waals surface area contributed by atoms with Crippen LogP contribution in [0.2, 0.25) is 0 Å². The molecule has 0 aliphatic rings. The van der Waals surface area contributed by atoms with E-state index in [-0.39, 0.29) is 5.91 Å². The molecule has 1 aromatic heterocycles. The van der Waals surface area contributed by atoms with Gasteiger partial charge in [-0.15, -0.1) is 0 Å². The summed E-state index contributed by atoms with van der Waals surface area (Å²) in [7, 11) is 1.73. The van der Waals surface area contributed by atoms with E-state index in [9.17, 15) is 4.79 Å². The molecule has 1 heterocycles. The Morgan fingerprint density at radius 3 is 3.12 bits per heavy atom. The quantitative estimate of drug-likeness (QED) is 0.698. The van der Waals surface area contributed by atoms with Crippen LogP contribution < -0.4 is 0 Å². The summed E-state index contributed by atoms with van der Waals surface area (Å²) in [6, 6.07) is 5.81. The molecule has 0 saturated carbocycles. The van der Waals surface area contributed by atoms with Gasteiger partial charge >= 0.3 is 0 Å². The highest BCUT2D eigenvalue weighted by atomic mass is 32.2. The monoisotopic (exact) mass is 252 g/mol. The first kappa shape index (κ1) is 13.7. The number of hydrogen-bond acceptors (Lipinski definition) is 4. The van der Waals surface area contributed by atoms with Gasteiger partial charge in [0.05, 0.1) is 24.5 Å². The third-order valence-corrected chi connectivity index (χ3v) is 3.25. The molecule has 1 aromatic rings. The number of carbonyl (C=O) groups excluding carboxylic acids is 1. The van der Waals surface area contributed by atoms with Crippen LogP contribution >= 0.6 is 11.8 Å². The van der Waals surface area contributed by atoms with Crippen LogP contribution in [0, 0.1) is 11.3 Å². The van der Waals surface area contributed by atoms with Gasteiger partial charge in [0.25, 0.3) is 0 Å². The van der Waals surface area contributed by atoms with E-state index in [0.29, 0.717) is 19.4 Å². The number of amides is 1. The topological polar surface area (TPSA) is 57.2 Å². The second-order valence-electron chi connectivity index (χ2n) is 3.61. The van der Waals surface area contributed by atoms with Gasteiger partial charge in [0, 0.05) is 25.8 Å². The van der Waals surface area contributed by atoms with Crippen LogP contribution in [0.15, 0.2) is 22.8 Å². The summed E-state index contributed by atoms with van der Waals surface area (Å²) in [5.74, 6) is 2.59. The fourth-order valence-electron chi connectivity index (χ4n) is 1.26. The normalized spacial score (nSPS) is 9.88. The van der Waals surface area contributed by atoms with Crippen molar-refractivity contribution < 1.29 is 9.21 Å². The molecule has 0 fully saturated rings. The lowest BCUT2D eigenvalue weighted by molar-refractivity contribution is -0.129. The van der Waals surface area contributed by atoms with E-state index in [4.69, 9.17) is 9.68 Å².